The number of hydrogen-bond acceptors (Lipinski definition) is 0. The van der Waals surface area contributed by atoms with Crippen LogP contribution in [-0.4, -0.2) is 0 Å². The molecular weight excluding hydrogens is 180 g/mol. The van der Waals surface area contributed by atoms with E-state index in [1.807, 2.05) is 0 Å². The third-order valence-electron chi connectivity index (χ3n) is 2.78. The lowest BCUT2D eigenvalue weighted by atomic mass is 9.89. The molecule has 0 nitrogen and oxygen atoms in total. The Morgan fingerprint density at radius 1 is 0.867 bits per heavy atom. The lowest BCUT2D eigenvalue weighted by Gasteiger charge is -2.17. The summed E-state index contributed by atoms with van der Waals surface area (Å²) in [5, 5.41) is 0. The molecular formula is C15H30. The average Bonchev–Trinajstić information content (AvgIpc) is 2.07. The van der Waals surface area contributed by atoms with Crippen LogP contribution in [0.15, 0.2) is 12.2 Å². The predicted octanol–water partition coefficient (Wildman–Crippen LogP) is 5.73. The molecule has 0 aromatic rings. The van der Waals surface area contributed by atoms with Crippen LogP contribution in [0.1, 0.15) is 79.1 Å². The zero-order valence-corrected chi connectivity index (χ0v) is 11.4. The van der Waals surface area contributed by atoms with Crippen molar-refractivity contribution in [1.82, 2.24) is 0 Å². The van der Waals surface area contributed by atoms with E-state index in [0.29, 0.717) is 5.41 Å². The molecule has 0 aliphatic carbocycles. The van der Waals surface area contributed by atoms with E-state index in [-0.39, 0.29) is 0 Å². The zero-order valence-electron chi connectivity index (χ0n) is 11.4. The van der Waals surface area contributed by atoms with E-state index in [0.717, 1.165) is 0 Å². The van der Waals surface area contributed by atoms with Gasteiger partial charge in [-0.1, -0.05) is 58.4 Å². The molecule has 90 valence electrons. The lowest BCUT2D eigenvalue weighted by molar-refractivity contribution is 0.356. The van der Waals surface area contributed by atoms with E-state index in [4.69, 9.17) is 0 Å². The average molecular weight is 210 g/mol. The predicted molar refractivity (Wildman–Crippen MR) is 71.2 cm³/mol. The highest BCUT2D eigenvalue weighted by atomic mass is 14.1. The van der Waals surface area contributed by atoms with E-state index < -0.39 is 0 Å². The number of allylic oxidation sites excluding steroid dienone is 1. The topological polar surface area (TPSA) is 0 Å². The normalized spacial score (nSPS) is 11.7. The van der Waals surface area contributed by atoms with Crippen LogP contribution in [0.2, 0.25) is 0 Å². The van der Waals surface area contributed by atoms with Gasteiger partial charge in [0.1, 0.15) is 0 Å². The van der Waals surface area contributed by atoms with E-state index in [1.165, 1.54) is 56.9 Å². The summed E-state index contributed by atoms with van der Waals surface area (Å²) in [6.07, 6.45) is 11.0. The van der Waals surface area contributed by atoms with Gasteiger partial charge < -0.3 is 0 Å². The summed E-state index contributed by atoms with van der Waals surface area (Å²) in [7, 11) is 0. The van der Waals surface area contributed by atoms with Crippen LogP contribution in [0.3, 0.4) is 0 Å². The standard InChI is InChI=1S/C15H30/c1-14(2)12-10-8-6-7-9-11-13-15(3,4)5/h1,6-13H2,2-5H3. The van der Waals surface area contributed by atoms with Crippen LogP contribution in [0.4, 0.5) is 0 Å². The van der Waals surface area contributed by atoms with Gasteiger partial charge in [0.2, 0.25) is 0 Å². The molecule has 0 saturated carbocycles. The van der Waals surface area contributed by atoms with Crippen molar-refractivity contribution >= 4 is 0 Å². The van der Waals surface area contributed by atoms with Crippen LogP contribution in [0.5, 0.6) is 0 Å². The molecule has 0 saturated heterocycles. The third kappa shape index (κ3) is 13.7. The van der Waals surface area contributed by atoms with Crippen molar-refractivity contribution in [3.63, 3.8) is 0 Å². The van der Waals surface area contributed by atoms with Gasteiger partial charge in [-0.2, -0.15) is 0 Å². The minimum Gasteiger partial charge on any atom is -0.100 e. The first-order valence-electron chi connectivity index (χ1n) is 6.56. The Bertz CT molecular complexity index is 159. The molecule has 15 heavy (non-hydrogen) atoms. The Balaban J connectivity index is 3.09. The molecule has 0 radical (unpaired) electrons. The molecule has 0 aliphatic heterocycles. The van der Waals surface area contributed by atoms with Crippen LogP contribution in [0.25, 0.3) is 0 Å². The monoisotopic (exact) mass is 210 g/mol. The van der Waals surface area contributed by atoms with Crippen LogP contribution in [0, 0.1) is 5.41 Å². The second kappa shape index (κ2) is 7.96. The second-order valence-electron chi connectivity index (χ2n) is 6.14. The van der Waals surface area contributed by atoms with Gasteiger partial charge in [-0.15, -0.1) is 6.58 Å². The van der Waals surface area contributed by atoms with E-state index in [9.17, 15) is 0 Å². The Labute approximate surface area is 97.2 Å². The highest BCUT2D eigenvalue weighted by Gasteiger charge is 2.08. The van der Waals surface area contributed by atoms with Gasteiger partial charge in [0.15, 0.2) is 0 Å². The summed E-state index contributed by atoms with van der Waals surface area (Å²) in [5.41, 5.74) is 1.86. The molecule has 0 rings (SSSR count). The van der Waals surface area contributed by atoms with Crippen molar-refractivity contribution in [2.24, 2.45) is 5.41 Å². The third-order valence-corrected chi connectivity index (χ3v) is 2.78. The fourth-order valence-electron chi connectivity index (χ4n) is 1.79. The Hall–Kier alpha value is -0.260. The van der Waals surface area contributed by atoms with Crippen LogP contribution >= 0.6 is 0 Å². The van der Waals surface area contributed by atoms with Crippen LogP contribution < -0.4 is 0 Å². The SMILES string of the molecule is C=C(C)CCCCCCCCC(C)(C)C. The van der Waals surface area contributed by atoms with Crippen molar-refractivity contribution < 1.29 is 0 Å². The minimum atomic E-state index is 0.528. The molecule has 0 unspecified atom stereocenters. The number of unbranched alkanes of at least 4 members (excludes halogenated alkanes) is 5. The summed E-state index contributed by atoms with van der Waals surface area (Å²) in [6, 6.07) is 0. The number of rotatable bonds is 8. The number of hydrogen-bond donors (Lipinski definition) is 0. The first-order chi connectivity index (χ1) is 6.92. The summed E-state index contributed by atoms with van der Waals surface area (Å²) in [4.78, 5) is 0. The van der Waals surface area contributed by atoms with E-state index >= 15 is 0 Å². The van der Waals surface area contributed by atoms with Gasteiger partial charge >= 0.3 is 0 Å². The van der Waals surface area contributed by atoms with E-state index in [2.05, 4.69) is 34.3 Å². The second-order valence-corrected chi connectivity index (χ2v) is 6.14. The highest BCUT2D eigenvalue weighted by Crippen LogP contribution is 2.22. The lowest BCUT2D eigenvalue weighted by Crippen LogP contribution is -2.03. The summed E-state index contributed by atoms with van der Waals surface area (Å²) < 4.78 is 0. The maximum atomic E-state index is 3.93. The maximum Gasteiger partial charge on any atom is -0.0326 e. The Morgan fingerprint density at radius 3 is 1.80 bits per heavy atom. The first-order valence-corrected chi connectivity index (χ1v) is 6.56. The van der Waals surface area contributed by atoms with Crippen LogP contribution in [-0.2, 0) is 0 Å². The van der Waals surface area contributed by atoms with Gasteiger partial charge in [0.05, 0.1) is 0 Å². The molecule has 0 aliphatic rings. The first kappa shape index (κ1) is 14.7. The van der Waals surface area contributed by atoms with Crippen molar-refractivity contribution in [1.29, 1.82) is 0 Å². The van der Waals surface area contributed by atoms with E-state index in [1.54, 1.807) is 0 Å². The maximum absolute atomic E-state index is 3.93. The van der Waals surface area contributed by atoms with Gasteiger partial charge in [-0.05, 0) is 31.6 Å². The molecule has 0 aromatic heterocycles. The molecule has 0 heterocycles. The molecule has 0 heteroatoms. The summed E-state index contributed by atoms with van der Waals surface area (Å²) >= 11 is 0. The Morgan fingerprint density at radius 2 is 1.33 bits per heavy atom. The van der Waals surface area contributed by atoms with Gasteiger partial charge in [-0.3, -0.25) is 0 Å². The van der Waals surface area contributed by atoms with Crippen molar-refractivity contribution in [2.45, 2.75) is 79.1 Å². The molecule has 0 fully saturated rings. The molecule has 0 spiro atoms. The molecule has 0 atom stereocenters. The summed E-state index contributed by atoms with van der Waals surface area (Å²) in [6.45, 7) is 13.1. The largest absolute Gasteiger partial charge is 0.100 e. The quantitative estimate of drug-likeness (QED) is 0.354. The molecule has 0 amide bonds. The van der Waals surface area contributed by atoms with Crippen molar-refractivity contribution in [3.05, 3.63) is 12.2 Å². The smallest absolute Gasteiger partial charge is 0.0326 e. The van der Waals surface area contributed by atoms with Gasteiger partial charge in [-0.25, -0.2) is 0 Å². The van der Waals surface area contributed by atoms with Crippen molar-refractivity contribution in [3.8, 4) is 0 Å². The van der Waals surface area contributed by atoms with Crippen molar-refractivity contribution in [2.75, 3.05) is 0 Å². The molecule has 0 bridgehead atoms. The minimum absolute atomic E-state index is 0.528. The van der Waals surface area contributed by atoms with Gasteiger partial charge in [0, 0.05) is 0 Å². The Kier molecular flexibility index (Phi) is 7.82. The fourth-order valence-corrected chi connectivity index (χ4v) is 1.79. The van der Waals surface area contributed by atoms with Gasteiger partial charge in [0.25, 0.3) is 0 Å². The summed E-state index contributed by atoms with van der Waals surface area (Å²) in [5.74, 6) is 0. The zero-order chi connectivity index (χ0) is 11.7. The highest BCUT2D eigenvalue weighted by molar-refractivity contribution is 4.86. The molecule has 0 aromatic carbocycles. The molecule has 0 N–H and O–H groups in total. The fraction of sp³-hybridized carbons (Fsp3) is 0.867.